The van der Waals surface area contributed by atoms with E-state index in [0.717, 1.165) is 12.1 Å². The number of hydrogen-bond acceptors (Lipinski definition) is 4. The molecule has 2 aromatic carbocycles. The Hall–Kier alpha value is -3.10. The number of nitrogens with one attached hydrogen (secondary N) is 2. The second-order valence-corrected chi connectivity index (χ2v) is 7.56. The zero-order chi connectivity index (χ0) is 21.8. The number of hydrogen-bond donors (Lipinski definition) is 2. The minimum absolute atomic E-state index is 0.172. The van der Waals surface area contributed by atoms with Gasteiger partial charge in [-0.15, -0.1) is 0 Å². The standard InChI is InChI=1S/C20H22F3N3O3/c1-19(2,3)25-18(27)16-9-8-15(26(28)29)12-17(16)24-11-10-13-4-6-14(7-5-13)20(21,22)23/h4-9,12,24H,10-11H2,1-3H3,(H,25,27). The molecule has 2 rings (SSSR count). The van der Waals surface area contributed by atoms with E-state index in [0.29, 0.717) is 12.0 Å². The molecule has 0 aliphatic carbocycles. The van der Waals surface area contributed by atoms with E-state index in [2.05, 4.69) is 10.6 Å². The first-order valence-electron chi connectivity index (χ1n) is 8.88. The molecule has 1 amide bonds. The lowest BCUT2D eigenvalue weighted by Gasteiger charge is -2.21. The first-order valence-corrected chi connectivity index (χ1v) is 8.88. The summed E-state index contributed by atoms with van der Waals surface area (Å²) in [4.78, 5) is 23.0. The Morgan fingerprint density at radius 1 is 1.07 bits per heavy atom. The summed E-state index contributed by atoms with van der Waals surface area (Å²) in [5, 5.41) is 16.8. The van der Waals surface area contributed by atoms with E-state index in [9.17, 15) is 28.1 Å². The van der Waals surface area contributed by atoms with E-state index in [1.807, 2.05) is 20.8 Å². The van der Waals surface area contributed by atoms with Crippen molar-refractivity contribution in [3.05, 3.63) is 69.3 Å². The summed E-state index contributed by atoms with van der Waals surface area (Å²) in [5.41, 5.74) is -0.193. The summed E-state index contributed by atoms with van der Waals surface area (Å²) < 4.78 is 37.9. The molecule has 156 valence electrons. The second kappa shape index (κ2) is 8.50. The van der Waals surface area contributed by atoms with Gasteiger partial charge in [0.1, 0.15) is 0 Å². The summed E-state index contributed by atoms with van der Waals surface area (Å²) in [6.45, 7) is 5.72. The average Bonchev–Trinajstić information content (AvgIpc) is 2.59. The minimum Gasteiger partial charge on any atom is -0.384 e. The number of amides is 1. The second-order valence-electron chi connectivity index (χ2n) is 7.56. The third kappa shape index (κ3) is 6.48. The van der Waals surface area contributed by atoms with Gasteiger partial charge >= 0.3 is 6.18 Å². The maximum atomic E-state index is 12.6. The Labute approximate surface area is 166 Å². The maximum Gasteiger partial charge on any atom is 0.416 e. The van der Waals surface area contributed by atoms with Crippen LogP contribution in [-0.2, 0) is 12.6 Å². The van der Waals surface area contributed by atoms with Crippen LogP contribution in [0.3, 0.4) is 0 Å². The third-order valence-corrected chi connectivity index (χ3v) is 3.96. The lowest BCUT2D eigenvalue weighted by molar-refractivity contribution is -0.384. The van der Waals surface area contributed by atoms with Crippen molar-refractivity contribution in [1.29, 1.82) is 0 Å². The van der Waals surface area contributed by atoms with Gasteiger partial charge in [-0.1, -0.05) is 12.1 Å². The van der Waals surface area contributed by atoms with Crippen LogP contribution >= 0.6 is 0 Å². The van der Waals surface area contributed by atoms with Crippen LogP contribution in [0.15, 0.2) is 42.5 Å². The predicted molar refractivity (Wildman–Crippen MR) is 104 cm³/mol. The van der Waals surface area contributed by atoms with Crippen molar-refractivity contribution in [3.8, 4) is 0 Å². The molecule has 0 unspecified atom stereocenters. The van der Waals surface area contributed by atoms with Crippen LogP contribution in [0.25, 0.3) is 0 Å². The van der Waals surface area contributed by atoms with Crippen LogP contribution in [0, 0.1) is 10.1 Å². The highest BCUT2D eigenvalue weighted by Gasteiger charge is 2.29. The van der Waals surface area contributed by atoms with Crippen molar-refractivity contribution in [3.63, 3.8) is 0 Å². The van der Waals surface area contributed by atoms with E-state index >= 15 is 0 Å². The number of alkyl halides is 3. The lowest BCUT2D eigenvalue weighted by Crippen LogP contribution is -2.40. The van der Waals surface area contributed by atoms with Crippen LogP contribution in [0.2, 0.25) is 0 Å². The molecule has 0 heterocycles. The molecule has 6 nitrogen and oxygen atoms in total. The largest absolute Gasteiger partial charge is 0.416 e. The van der Waals surface area contributed by atoms with Gasteiger partial charge in [-0.25, -0.2) is 0 Å². The van der Waals surface area contributed by atoms with E-state index in [1.54, 1.807) is 0 Å². The fraction of sp³-hybridized carbons (Fsp3) is 0.350. The molecule has 0 bridgehead atoms. The van der Waals surface area contributed by atoms with Crippen LogP contribution in [-0.4, -0.2) is 22.9 Å². The number of nitro benzene ring substituents is 1. The SMILES string of the molecule is CC(C)(C)NC(=O)c1ccc([N+](=O)[O-])cc1NCCc1ccc(C(F)(F)F)cc1. The lowest BCUT2D eigenvalue weighted by atomic mass is 10.1. The van der Waals surface area contributed by atoms with Gasteiger partial charge in [-0.05, 0) is 51.0 Å². The topological polar surface area (TPSA) is 84.3 Å². The number of non-ortho nitro benzene ring substituents is 1. The first-order chi connectivity index (χ1) is 13.4. The van der Waals surface area contributed by atoms with Crippen LogP contribution in [0.5, 0.6) is 0 Å². The van der Waals surface area contributed by atoms with Gasteiger partial charge in [0.2, 0.25) is 0 Å². The minimum atomic E-state index is -4.39. The van der Waals surface area contributed by atoms with Gasteiger partial charge in [-0.2, -0.15) is 13.2 Å². The number of carbonyl (C=O) groups excluding carboxylic acids is 1. The molecule has 0 saturated heterocycles. The van der Waals surface area contributed by atoms with Crippen LogP contribution < -0.4 is 10.6 Å². The van der Waals surface area contributed by atoms with Crippen molar-refractivity contribution in [2.45, 2.75) is 38.9 Å². The summed E-state index contributed by atoms with van der Waals surface area (Å²) >= 11 is 0. The Morgan fingerprint density at radius 3 is 2.21 bits per heavy atom. The molecule has 29 heavy (non-hydrogen) atoms. The molecule has 0 atom stereocenters. The predicted octanol–water partition coefficient (Wildman–Crippen LogP) is 4.80. The Balaban J connectivity index is 2.14. The van der Waals surface area contributed by atoms with Gasteiger partial charge in [0.25, 0.3) is 11.6 Å². The highest BCUT2D eigenvalue weighted by Crippen LogP contribution is 2.29. The normalized spacial score (nSPS) is 11.8. The molecule has 0 aliphatic rings. The van der Waals surface area contributed by atoms with Crippen molar-refractivity contribution in [2.75, 3.05) is 11.9 Å². The zero-order valence-electron chi connectivity index (χ0n) is 16.3. The van der Waals surface area contributed by atoms with E-state index in [4.69, 9.17) is 0 Å². The number of anilines is 1. The molecule has 0 aliphatic heterocycles. The Morgan fingerprint density at radius 2 is 1.69 bits per heavy atom. The number of rotatable bonds is 6. The molecule has 9 heteroatoms. The molecular weight excluding hydrogens is 387 g/mol. The average molecular weight is 409 g/mol. The molecular formula is C20H22F3N3O3. The van der Waals surface area contributed by atoms with Crippen molar-refractivity contribution < 1.29 is 22.9 Å². The monoisotopic (exact) mass is 409 g/mol. The van der Waals surface area contributed by atoms with Gasteiger partial charge in [0.05, 0.1) is 21.7 Å². The highest BCUT2D eigenvalue weighted by atomic mass is 19.4. The van der Waals surface area contributed by atoms with Gasteiger partial charge in [0.15, 0.2) is 0 Å². The molecule has 0 spiro atoms. The summed E-state index contributed by atoms with van der Waals surface area (Å²) in [7, 11) is 0. The van der Waals surface area contributed by atoms with Crippen LogP contribution in [0.4, 0.5) is 24.5 Å². The number of nitrogens with zero attached hydrogens (tertiary/aromatic N) is 1. The Kier molecular flexibility index (Phi) is 6.51. The van der Waals surface area contributed by atoms with Crippen LogP contribution in [0.1, 0.15) is 42.3 Å². The summed E-state index contributed by atoms with van der Waals surface area (Å²) in [6, 6.07) is 8.66. The fourth-order valence-electron chi connectivity index (χ4n) is 2.60. The zero-order valence-corrected chi connectivity index (χ0v) is 16.3. The third-order valence-electron chi connectivity index (χ3n) is 3.96. The summed E-state index contributed by atoms with van der Waals surface area (Å²) in [5.74, 6) is -0.385. The van der Waals surface area contributed by atoms with Gasteiger partial charge in [-0.3, -0.25) is 14.9 Å². The smallest absolute Gasteiger partial charge is 0.384 e. The van der Waals surface area contributed by atoms with Crippen molar-refractivity contribution in [2.24, 2.45) is 0 Å². The van der Waals surface area contributed by atoms with Crippen molar-refractivity contribution in [1.82, 2.24) is 5.32 Å². The van der Waals surface area contributed by atoms with Gasteiger partial charge < -0.3 is 10.6 Å². The van der Waals surface area contributed by atoms with E-state index in [1.165, 1.54) is 30.3 Å². The highest BCUT2D eigenvalue weighted by molar-refractivity contribution is 6.00. The first kappa shape index (κ1) is 22.2. The fourth-order valence-corrected chi connectivity index (χ4v) is 2.60. The number of halogens is 3. The molecule has 0 aromatic heterocycles. The van der Waals surface area contributed by atoms with E-state index in [-0.39, 0.29) is 29.4 Å². The number of benzene rings is 2. The maximum absolute atomic E-state index is 12.6. The van der Waals surface area contributed by atoms with Crippen molar-refractivity contribution >= 4 is 17.3 Å². The molecule has 2 aromatic rings. The molecule has 0 fully saturated rings. The molecule has 2 N–H and O–H groups in total. The number of carbonyl (C=O) groups is 1. The quantitative estimate of drug-likeness (QED) is 0.530. The van der Waals surface area contributed by atoms with E-state index < -0.39 is 22.2 Å². The molecule has 0 saturated carbocycles. The summed E-state index contributed by atoms with van der Waals surface area (Å²) in [6.07, 6.45) is -4.02. The molecule has 0 radical (unpaired) electrons. The van der Waals surface area contributed by atoms with Gasteiger partial charge in [0, 0.05) is 24.2 Å². The number of nitro groups is 1. The Bertz CT molecular complexity index is 889.